The maximum atomic E-state index is 4.44. The SMILES string of the molecule is c1ccc(-n2ncc(-c3cccs3)n2)cc1. The number of rotatable bonds is 2. The Morgan fingerprint density at radius 2 is 1.88 bits per heavy atom. The van der Waals surface area contributed by atoms with Crippen molar-refractivity contribution in [2.45, 2.75) is 0 Å². The minimum Gasteiger partial charge on any atom is -0.156 e. The lowest BCUT2D eigenvalue weighted by Crippen LogP contribution is -1.97. The normalized spacial score (nSPS) is 10.5. The van der Waals surface area contributed by atoms with Gasteiger partial charge in [0.25, 0.3) is 0 Å². The summed E-state index contributed by atoms with van der Waals surface area (Å²) in [4.78, 5) is 2.79. The van der Waals surface area contributed by atoms with Crippen LogP contribution < -0.4 is 0 Å². The molecule has 3 aromatic rings. The van der Waals surface area contributed by atoms with Crippen LogP contribution in [0.2, 0.25) is 0 Å². The molecule has 0 radical (unpaired) electrons. The van der Waals surface area contributed by atoms with Crippen molar-refractivity contribution in [1.29, 1.82) is 0 Å². The highest BCUT2D eigenvalue weighted by molar-refractivity contribution is 7.13. The van der Waals surface area contributed by atoms with Gasteiger partial charge in [-0.05, 0) is 23.6 Å². The van der Waals surface area contributed by atoms with E-state index >= 15 is 0 Å². The molecule has 0 spiro atoms. The van der Waals surface area contributed by atoms with Crippen molar-refractivity contribution in [3.63, 3.8) is 0 Å². The summed E-state index contributed by atoms with van der Waals surface area (Å²) >= 11 is 1.67. The van der Waals surface area contributed by atoms with Crippen molar-refractivity contribution < 1.29 is 0 Å². The largest absolute Gasteiger partial charge is 0.156 e. The summed E-state index contributed by atoms with van der Waals surface area (Å²) in [6.07, 6.45) is 1.79. The maximum Gasteiger partial charge on any atom is 0.123 e. The second kappa shape index (κ2) is 3.90. The summed E-state index contributed by atoms with van der Waals surface area (Å²) in [6.45, 7) is 0. The third-order valence-corrected chi connectivity index (χ3v) is 3.14. The van der Waals surface area contributed by atoms with Gasteiger partial charge in [0.2, 0.25) is 0 Å². The second-order valence-electron chi connectivity index (χ2n) is 3.33. The standard InChI is InChI=1S/C12H9N3S/c1-2-5-10(6-3-1)15-13-9-11(14-15)12-7-4-8-16-12/h1-9H. The smallest absolute Gasteiger partial charge is 0.123 e. The predicted octanol–water partition coefficient (Wildman–Crippen LogP) is 3.00. The molecule has 0 saturated carbocycles. The average Bonchev–Trinajstić information content (AvgIpc) is 3.01. The zero-order valence-corrected chi connectivity index (χ0v) is 9.26. The lowest BCUT2D eigenvalue weighted by molar-refractivity contribution is 0.754. The highest BCUT2D eigenvalue weighted by Gasteiger charge is 2.05. The molecule has 3 rings (SSSR count). The Labute approximate surface area is 97.0 Å². The van der Waals surface area contributed by atoms with Gasteiger partial charge in [-0.25, -0.2) is 0 Å². The first-order valence-electron chi connectivity index (χ1n) is 4.95. The first-order chi connectivity index (χ1) is 7.93. The van der Waals surface area contributed by atoms with E-state index in [-0.39, 0.29) is 0 Å². The van der Waals surface area contributed by atoms with Gasteiger partial charge >= 0.3 is 0 Å². The fraction of sp³-hybridized carbons (Fsp3) is 0. The van der Waals surface area contributed by atoms with Gasteiger partial charge in [-0.15, -0.1) is 16.4 Å². The molecule has 0 saturated heterocycles. The molecule has 0 amide bonds. The van der Waals surface area contributed by atoms with Gasteiger partial charge in [0.05, 0.1) is 16.8 Å². The molecule has 0 aliphatic heterocycles. The lowest BCUT2D eigenvalue weighted by atomic mass is 10.3. The first-order valence-corrected chi connectivity index (χ1v) is 5.83. The molecule has 0 aliphatic rings. The van der Waals surface area contributed by atoms with Crippen LogP contribution in [0.4, 0.5) is 0 Å². The number of nitrogens with zero attached hydrogens (tertiary/aromatic N) is 3. The Kier molecular flexibility index (Phi) is 2.27. The minimum atomic E-state index is 0.916. The molecular formula is C12H9N3S. The number of hydrogen-bond acceptors (Lipinski definition) is 3. The quantitative estimate of drug-likeness (QED) is 0.673. The van der Waals surface area contributed by atoms with Gasteiger partial charge < -0.3 is 0 Å². The van der Waals surface area contributed by atoms with E-state index in [0.29, 0.717) is 0 Å². The number of hydrogen-bond donors (Lipinski definition) is 0. The van der Waals surface area contributed by atoms with Gasteiger partial charge in [0, 0.05) is 0 Å². The van der Waals surface area contributed by atoms with Crippen molar-refractivity contribution in [3.05, 3.63) is 54.0 Å². The summed E-state index contributed by atoms with van der Waals surface area (Å²) in [5.74, 6) is 0. The molecule has 78 valence electrons. The Balaban J connectivity index is 2.00. The highest BCUT2D eigenvalue weighted by atomic mass is 32.1. The third-order valence-electron chi connectivity index (χ3n) is 2.25. The van der Waals surface area contributed by atoms with E-state index < -0.39 is 0 Å². The molecule has 2 aromatic heterocycles. The summed E-state index contributed by atoms with van der Waals surface area (Å²) in [5.41, 5.74) is 1.89. The molecule has 0 atom stereocenters. The van der Waals surface area contributed by atoms with Gasteiger partial charge in [-0.1, -0.05) is 24.3 Å². The van der Waals surface area contributed by atoms with Crippen LogP contribution in [0.3, 0.4) is 0 Å². The Morgan fingerprint density at radius 1 is 1.00 bits per heavy atom. The highest BCUT2D eigenvalue weighted by Crippen LogP contribution is 2.22. The lowest BCUT2D eigenvalue weighted by Gasteiger charge is -1.96. The molecule has 4 heteroatoms. The van der Waals surface area contributed by atoms with Gasteiger partial charge in [-0.2, -0.15) is 9.90 Å². The van der Waals surface area contributed by atoms with E-state index in [0.717, 1.165) is 16.3 Å². The monoisotopic (exact) mass is 227 g/mol. The fourth-order valence-electron chi connectivity index (χ4n) is 1.49. The number of aromatic nitrogens is 3. The number of para-hydroxylation sites is 1. The van der Waals surface area contributed by atoms with Gasteiger partial charge in [-0.3, -0.25) is 0 Å². The van der Waals surface area contributed by atoms with Crippen molar-refractivity contribution in [3.8, 4) is 16.3 Å². The third kappa shape index (κ3) is 1.63. The molecule has 1 aromatic carbocycles. The fourth-order valence-corrected chi connectivity index (χ4v) is 2.16. The maximum absolute atomic E-state index is 4.44. The molecular weight excluding hydrogens is 218 g/mol. The van der Waals surface area contributed by atoms with Crippen molar-refractivity contribution in [1.82, 2.24) is 15.0 Å². The molecule has 0 bridgehead atoms. The second-order valence-corrected chi connectivity index (χ2v) is 4.28. The van der Waals surface area contributed by atoms with Gasteiger partial charge in [0.1, 0.15) is 5.69 Å². The van der Waals surface area contributed by atoms with E-state index in [4.69, 9.17) is 0 Å². The van der Waals surface area contributed by atoms with E-state index in [9.17, 15) is 0 Å². The number of thiophene rings is 1. The van der Waals surface area contributed by atoms with Crippen LogP contribution in [-0.4, -0.2) is 15.0 Å². The van der Waals surface area contributed by atoms with Crippen LogP contribution in [0, 0.1) is 0 Å². The molecule has 0 aliphatic carbocycles. The Hall–Kier alpha value is -1.94. The van der Waals surface area contributed by atoms with Crippen molar-refractivity contribution in [2.24, 2.45) is 0 Å². The summed E-state index contributed by atoms with van der Waals surface area (Å²) in [7, 11) is 0. The van der Waals surface area contributed by atoms with Crippen LogP contribution in [0.15, 0.2) is 54.0 Å². The molecule has 2 heterocycles. The Morgan fingerprint density at radius 3 is 2.62 bits per heavy atom. The van der Waals surface area contributed by atoms with E-state index in [1.165, 1.54) is 0 Å². The summed E-state index contributed by atoms with van der Waals surface area (Å²) < 4.78 is 0. The van der Waals surface area contributed by atoms with Crippen LogP contribution in [0.5, 0.6) is 0 Å². The van der Waals surface area contributed by atoms with Crippen LogP contribution in [-0.2, 0) is 0 Å². The average molecular weight is 227 g/mol. The first kappa shape index (κ1) is 9.30. The molecule has 16 heavy (non-hydrogen) atoms. The minimum absolute atomic E-state index is 0.916. The van der Waals surface area contributed by atoms with Crippen LogP contribution >= 0.6 is 11.3 Å². The van der Waals surface area contributed by atoms with Crippen molar-refractivity contribution >= 4 is 11.3 Å². The molecule has 0 unspecified atom stereocenters. The van der Waals surface area contributed by atoms with E-state index in [1.807, 2.05) is 47.8 Å². The van der Waals surface area contributed by atoms with Crippen molar-refractivity contribution in [2.75, 3.05) is 0 Å². The predicted molar refractivity (Wildman–Crippen MR) is 64.7 cm³/mol. The summed E-state index contributed by atoms with van der Waals surface area (Å²) in [5, 5.41) is 10.7. The van der Waals surface area contributed by atoms with Crippen LogP contribution in [0.25, 0.3) is 16.3 Å². The topological polar surface area (TPSA) is 30.7 Å². The Bertz CT molecular complexity index is 569. The van der Waals surface area contributed by atoms with Gasteiger partial charge in [0.15, 0.2) is 0 Å². The molecule has 3 nitrogen and oxygen atoms in total. The van der Waals surface area contributed by atoms with E-state index in [1.54, 1.807) is 22.3 Å². The zero-order chi connectivity index (χ0) is 10.8. The van der Waals surface area contributed by atoms with Crippen LogP contribution in [0.1, 0.15) is 0 Å². The summed E-state index contributed by atoms with van der Waals surface area (Å²) in [6, 6.07) is 14.0. The van der Waals surface area contributed by atoms with E-state index in [2.05, 4.69) is 10.2 Å². The zero-order valence-electron chi connectivity index (χ0n) is 8.45. The molecule has 0 fully saturated rings. The molecule has 0 N–H and O–H groups in total. The number of benzene rings is 1.